The van der Waals surface area contributed by atoms with E-state index in [2.05, 4.69) is 34.6 Å². The summed E-state index contributed by atoms with van der Waals surface area (Å²) in [5.74, 6) is 2.62. The molecule has 0 N–H and O–H groups in total. The van der Waals surface area contributed by atoms with E-state index in [0.717, 1.165) is 24.4 Å². The first-order chi connectivity index (χ1) is 12.4. The van der Waals surface area contributed by atoms with Crippen LogP contribution in [-0.4, -0.2) is 41.9 Å². The smallest absolute Gasteiger partial charge is 0.123 e. The van der Waals surface area contributed by atoms with Crippen molar-refractivity contribution in [3.05, 3.63) is 0 Å². The predicted molar refractivity (Wildman–Crippen MR) is 111 cm³/mol. The lowest BCUT2D eigenvalue weighted by molar-refractivity contribution is -0.955. The Labute approximate surface area is 163 Å². The van der Waals surface area contributed by atoms with Crippen LogP contribution < -0.4 is 0 Å². The molecule has 2 heterocycles. The maximum absolute atomic E-state index is 6.74. The second kappa shape index (κ2) is 8.11. The fraction of sp³-hybridized carbons (Fsp3) is 1.00. The van der Waals surface area contributed by atoms with Crippen LogP contribution in [0.3, 0.4) is 0 Å². The minimum atomic E-state index is 0.126. The van der Waals surface area contributed by atoms with Crippen LogP contribution in [0.4, 0.5) is 0 Å². The van der Waals surface area contributed by atoms with Gasteiger partial charge < -0.3 is 9.22 Å². The van der Waals surface area contributed by atoms with Crippen molar-refractivity contribution in [1.82, 2.24) is 0 Å². The lowest BCUT2D eigenvalue weighted by Gasteiger charge is -2.43. The normalized spacial score (nSPS) is 44.0. The Morgan fingerprint density at radius 3 is 2.31 bits per heavy atom. The van der Waals surface area contributed by atoms with Gasteiger partial charge in [0.05, 0.1) is 13.1 Å². The third kappa shape index (κ3) is 3.28. The number of hydrogen-bond donors (Lipinski definition) is 0. The van der Waals surface area contributed by atoms with Crippen molar-refractivity contribution in [2.45, 2.75) is 110 Å². The van der Waals surface area contributed by atoms with Gasteiger partial charge in [-0.15, -0.1) is 0 Å². The second-order valence-corrected chi connectivity index (χ2v) is 10.4. The Hall–Kier alpha value is -0.0800. The number of unbranched alkanes of at least 4 members (excludes halogenated alkanes) is 6. The number of quaternary nitrogens is 1. The molecule has 3 rings (SSSR count). The molecule has 1 saturated carbocycles. The molecule has 1 aliphatic carbocycles. The van der Waals surface area contributed by atoms with Crippen molar-refractivity contribution in [3.8, 4) is 0 Å². The van der Waals surface area contributed by atoms with E-state index in [-0.39, 0.29) is 5.60 Å². The maximum atomic E-state index is 6.74. The molecule has 0 bridgehead atoms. The highest BCUT2D eigenvalue weighted by atomic mass is 16.5. The zero-order valence-corrected chi connectivity index (χ0v) is 18.5. The molecule has 0 radical (unpaired) electrons. The first-order valence-corrected chi connectivity index (χ1v) is 11.9. The summed E-state index contributed by atoms with van der Waals surface area (Å²) in [5, 5.41) is 0. The van der Waals surface area contributed by atoms with Gasteiger partial charge in [-0.1, -0.05) is 52.9 Å². The molecule has 2 saturated heterocycles. The van der Waals surface area contributed by atoms with Gasteiger partial charge >= 0.3 is 0 Å². The molecule has 0 spiro atoms. The molecule has 152 valence electrons. The van der Waals surface area contributed by atoms with Crippen LogP contribution in [-0.2, 0) is 4.74 Å². The lowest BCUT2D eigenvalue weighted by atomic mass is 9.76. The Balaban J connectivity index is 1.71. The largest absolute Gasteiger partial charge is 0.369 e. The molecule has 0 aromatic heterocycles. The quantitative estimate of drug-likeness (QED) is 0.314. The van der Waals surface area contributed by atoms with Gasteiger partial charge in [-0.2, -0.15) is 0 Å². The molecule has 3 fully saturated rings. The molecular weight excluding hydrogens is 318 g/mol. The summed E-state index contributed by atoms with van der Waals surface area (Å²) in [4.78, 5) is 0. The Morgan fingerprint density at radius 1 is 0.923 bits per heavy atom. The molecule has 26 heavy (non-hydrogen) atoms. The van der Waals surface area contributed by atoms with Crippen molar-refractivity contribution in [1.29, 1.82) is 0 Å². The average Bonchev–Trinajstić information content (AvgIpc) is 3.13. The first kappa shape index (κ1) is 20.6. The summed E-state index contributed by atoms with van der Waals surface area (Å²) in [5.41, 5.74) is 0.615. The van der Waals surface area contributed by atoms with E-state index in [1.54, 1.807) is 0 Å². The number of hydrogen-bond acceptors (Lipinski definition) is 1. The zero-order valence-electron chi connectivity index (χ0n) is 18.5. The van der Waals surface area contributed by atoms with Gasteiger partial charge in [-0.05, 0) is 46.0 Å². The predicted octanol–water partition coefficient (Wildman–Crippen LogP) is 6.19. The minimum Gasteiger partial charge on any atom is -0.369 e. The Bertz CT molecular complexity index is 465. The molecule has 2 nitrogen and oxygen atoms in total. The van der Waals surface area contributed by atoms with Crippen LogP contribution in [0.25, 0.3) is 0 Å². The summed E-state index contributed by atoms with van der Waals surface area (Å²) in [6.45, 7) is 17.4. The van der Waals surface area contributed by atoms with Crippen molar-refractivity contribution < 1.29 is 9.22 Å². The highest BCUT2D eigenvalue weighted by Gasteiger charge is 2.76. The van der Waals surface area contributed by atoms with Gasteiger partial charge in [0, 0.05) is 24.4 Å². The van der Waals surface area contributed by atoms with Gasteiger partial charge in [-0.25, -0.2) is 0 Å². The van der Waals surface area contributed by atoms with E-state index in [1.807, 2.05) is 0 Å². The number of ether oxygens (including phenoxy) is 1. The van der Waals surface area contributed by atoms with Gasteiger partial charge in [0.2, 0.25) is 0 Å². The Kier molecular flexibility index (Phi) is 6.44. The monoisotopic (exact) mass is 364 g/mol. The summed E-state index contributed by atoms with van der Waals surface area (Å²) >= 11 is 0. The molecular formula is C24H46NO+. The van der Waals surface area contributed by atoms with Crippen molar-refractivity contribution in [2.75, 3.05) is 26.2 Å². The van der Waals surface area contributed by atoms with Gasteiger partial charge in [0.1, 0.15) is 17.7 Å². The standard InChI is InChI=1S/C24H46NO/c1-6-8-10-12-16-25-18-20(3)21-14-15-22(24(21,25)5)23(4,19-25)26-17-13-11-9-7-2/h20-22H,6-19H2,1-5H3/q+1/t20-,21+,22-,23-,24-,25+/m1/s1. The minimum absolute atomic E-state index is 0.126. The van der Waals surface area contributed by atoms with Crippen LogP contribution in [0.2, 0.25) is 0 Å². The van der Waals surface area contributed by atoms with Crippen LogP contribution in [0.15, 0.2) is 0 Å². The highest BCUT2D eigenvalue weighted by Crippen LogP contribution is 2.65. The molecule has 0 unspecified atom stereocenters. The first-order valence-electron chi connectivity index (χ1n) is 11.9. The van der Waals surface area contributed by atoms with Gasteiger partial charge in [0.25, 0.3) is 0 Å². The molecule has 0 aromatic carbocycles. The van der Waals surface area contributed by atoms with E-state index in [4.69, 9.17) is 4.74 Å². The molecule has 2 heteroatoms. The fourth-order valence-corrected chi connectivity index (χ4v) is 7.71. The molecule has 3 aliphatic rings. The third-order valence-electron chi connectivity index (χ3n) is 8.79. The van der Waals surface area contributed by atoms with E-state index >= 15 is 0 Å². The SMILES string of the molecule is CCCCCCO[C@]1(C)C[N@+]2(CCCCCC)C[C@@H](C)[C@@H]3CC[C@H]1[C@@]32C. The van der Waals surface area contributed by atoms with Crippen molar-refractivity contribution >= 4 is 0 Å². The second-order valence-electron chi connectivity index (χ2n) is 10.4. The van der Waals surface area contributed by atoms with Crippen LogP contribution >= 0.6 is 0 Å². The summed E-state index contributed by atoms with van der Waals surface area (Å²) in [6, 6.07) is 0. The van der Waals surface area contributed by atoms with Crippen molar-refractivity contribution in [3.63, 3.8) is 0 Å². The van der Waals surface area contributed by atoms with E-state index in [1.165, 1.54) is 88.3 Å². The van der Waals surface area contributed by atoms with E-state index in [9.17, 15) is 0 Å². The van der Waals surface area contributed by atoms with Crippen LogP contribution in [0.5, 0.6) is 0 Å². The fourth-order valence-electron chi connectivity index (χ4n) is 7.71. The molecule has 2 aliphatic heterocycles. The van der Waals surface area contributed by atoms with Gasteiger partial charge in [-0.3, -0.25) is 0 Å². The average molecular weight is 365 g/mol. The molecule has 0 amide bonds. The van der Waals surface area contributed by atoms with E-state index in [0.29, 0.717) is 5.54 Å². The summed E-state index contributed by atoms with van der Waals surface area (Å²) in [7, 11) is 0. The molecule has 6 atom stereocenters. The highest BCUT2D eigenvalue weighted by molar-refractivity contribution is 5.14. The van der Waals surface area contributed by atoms with Crippen LogP contribution in [0.1, 0.15) is 98.8 Å². The van der Waals surface area contributed by atoms with Gasteiger partial charge in [0.15, 0.2) is 0 Å². The Morgan fingerprint density at radius 2 is 1.62 bits per heavy atom. The summed E-state index contributed by atoms with van der Waals surface area (Å²) in [6.07, 6.45) is 13.7. The van der Waals surface area contributed by atoms with E-state index < -0.39 is 0 Å². The third-order valence-corrected chi connectivity index (χ3v) is 8.79. The topological polar surface area (TPSA) is 9.23 Å². The maximum Gasteiger partial charge on any atom is 0.123 e. The zero-order chi connectivity index (χ0) is 18.8. The summed E-state index contributed by atoms with van der Waals surface area (Å²) < 4.78 is 8.13. The number of rotatable bonds is 11. The van der Waals surface area contributed by atoms with Crippen molar-refractivity contribution in [2.24, 2.45) is 17.8 Å². The van der Waals surface area contributed by atoms with Crippen LogP contribution in [0, 0.1) is 17.8 Å². The lowest BCUT2D eigenvalue weighted by Crippen LogP contribution is -2.58. The molecule has 0 aromatic rings. The number of nitrogens with zero attached hydrogens (tertiary/aromatic N) is 1.